The molecule has 0 saturated heterocycles. The van der Waals surface area contributed by atoms with E-state index in [0.29, 0.717) is 37.5 Å². The number of rotatable bonds is 9. The van der Waals surface area contributed by atoms with Gasteiger partial charge in [0.25, 0.3) is 5.91 Å². The van der Waals surface area contributed by atoms with E-state index in [9.17, 15) is 9.59 Å². The van der Waals surface area contributed by atoms with Gasteiger partial charge in [-0.05, 0) is 57.7 Å². The standard InChI is InChI=1S/C22H34N2O4/c1-5-13-28-20-12-11-17(22(26)24(4)6-2)15-19(20)23-21(25)16-9-8-10-18(14-16)27-7-3/h8-10,14,17,19-20H,5-7,11-13,15H2,1-4H3,(H,23,25)/t17-,19+,20+/m0/s1. The third kappa shape index (κ3) is 5.96. The highest BCUT2D eigenvalue weighted by Crippen LogP contribution is 2.29. The molecular formula is C22H34N2O4. The molecule has 2 rings (SSSR count). The molecule has 3 atom stereocenters. The number of hydrogen-bond acceptors (Lipinski definition) is 4. The van der Waals surface area contributed by atoms with Crippen molar-refractivity contribution in [2.45, 2.75) is 58.6 Å². The summed E-state index contributed by atoms with van der Waals surface area (Å²) in [7, 11) is 1.83. The molecule has 0 aromatic heterocycles. The third-order valence-electron chi connectivity index (χ3n) is 5.25. The monoisotopic (exact) mass is 390 g/mol. The summed E-state index contributed by atoms with van der Waals surface area (Å²) >= 11 is 0. The zero-order valence-electron chi connectivity index (χ0n) is 17.6. The number of benzene rings is 1. The molecule has 1 aromatic rings. The van der Waals surface area contributed by atoms with Crippen LogP contribution in [0.4, 0.5) is 0 Å². The van der Waals surface area contributed by atoms with Crippen molar-refractivity contribution in [3.63, 3.8) is 0 Å². The molecule has 6 nitrogen and oxygen atoms in total. The first-order valence-electron chi connectivity index (χ1n) is 10.4. The second-order valence-electron chi connectivity index (χ2n) is 7.31. The number of carbonyl (C=O) groups excluding carboxylic acids is 2. The lowest BCUT2D eigenvalue weighted by Gasteiger charge is -2.37. The SMILES string of the molecule is CCCO[C@@H]1CC[C@H](C(=O)N(C)CC)C[C@H]1NC(=O)c1cccc(OCC)c1. The highest BCUT2D eigenvalue weighted by molar-refractivity contribution is 5.94. The van der Waals surface area contributed by atoms with E-state index >= 15 is 0 Å². The van der Waals surface area contributed by atoms with Gasteiger partial charge in [0.1, 0.15) is 5.75 Å². The summed E-state index contributed by atoms with van der Waals surface area (Å²) in [5, 5.41) is 3.12. The molecule has 1 aliphatic rings. The van der Waals surface area contributed by atoms with E-state index in [1.807, 2.05) is 33.0 Å². The van der Waals surface area contributed by atoms with E-state index < -0.39 is 0 Å². The Bertz CT molecular complexity index is 649. The Labute approximate surface area is 168 Å². The van der Waals surface area contributed by atoms with Crippen LogP contribution in [0.2, 0.25) is 0 Å². The summed E-state index contributed by atoms with van der Waals surface area (Å²) in [5.41, 5.74) is 0.555. The molecule has 0 aliphatic heterocycles. The van der Waals surface area contributed by atoms with Gasteiger partial charge in [-0.3, -0.25) is 9.59 Å². The van der Waals surface area contributed by atoms with Crippen molar-refractivity contribution in [3.05, 3.63) is 29.8 Å². The predicted molar refractivity (Wildman–Crippen MR) is 110 cm³/mol. The highest BCUT2D eigenvalue weighted by Gasteiger charge is 2.36. The van der Waals surface area contributed by atoms with Gasteiger partial charge in [0, 0.05) is 31.7 Å². The van der Waals surface area contributed by atoms with Crippen molar-refractivity contribution in [2.75, 3.05) is 26.8 Å². The fraction of sp³-hybridized carbons (Fsp3) is 0.636. The third-order valence-corrected chi connectivity index (χ3v) is 5.25. The molecule has 2 amide bonds. The van der Waals surface area contributed by atoms with Gasteiger partial charge in [-0.25, -0.2) is 0 Å². The number of amides is 2. The first-order valence-corrected chi connectivity index (χ1v) is 10.4. The maximum atomic E-state index is 12.8. The Morgan fingerprint density at radius 1 is 1.21 bits per heavy atom. The normalized spacial score (nSPS) is 21.8. The summed E-state index contributed by atoms with van der Waals surface area (Å²) in [6.45, 7) is 7.84. The molecule has 1 N–H and O–H groups in total. The molecule has 0 unspecified atom stereocenters. The Morgan fingerprint density at radius 3 is 2.68 bits per heavy atom. The molecular weight excluding hydrogens is 356 g/mol. The predicted octanol–water partition coefficient (Wildman–Crippen LogP) is 3.26. The molecule has 0 heterocycles. The molecule has 1 fully saturated rings. The van der Waals surface area contributed by atoms with Crippen LogP contribution in [-0.4, -0.2) is 55.7 Å². The Hall–Kier alpha value is -2.08. The van der Waals surface area contributed by atoms with Gasteiger partial charge in [-0.15, -0.1) is 0 Å². The lowest BCUT2D eigenvalue weighted by Crippen LogP contribution is -2.50. The topological polar surface area (TPSA) is 67.9 Å². The maximum absolute atomic E-state index is 12.8. The molecule has 0 spiro atoms. The van der Waals surface area contributed by atoms with Gasteiger partial charge in [-0.2, -0.15) is 0 Å². The maximum Gasteiger partial charge on any atom is 0.251 e. The van der Waals surface area contributed by atoms with E-state index in [-0.39, 0.29) is 29.9 Å². The van der Waals surface area contributed by atoms with Crippen LogP contribution in [0.25, 0.3) is 0 Å². The van der Waals surface area contributed by atoms with E-state index in [4.69, 9.17) is 9.47 Å². The van der Waals surface area contributed by atoms with Crippen molar-refractivity contribution in [3.8, 4) is 5.75 Å². The van der Waals surface area contributed by atoms with Crippen LogP contribution in [0.5, 0.6) is 5.75 Å². The van der Waals surface area contributed by atoms with E-state index in [1.165, 1.54) is 0 Å². The molecule has 28 heavy (non-hydrogen) atoms. The molecule has 1 saturated carbocycles. The van der Waals surface area contributed by atoms with Gasteiger partial charge in [-0.1, -0.05) is 13.0 Å². The summed E-state index contributed by atoms with van der Waals surface area (Å²) in [4.78, 5) is 27.2. The molecule has 0 radical (unpaired) electrons. The fourth-order valence-corrected chi connectivity index (χ4v) is 3.60. The second kappa shape index (κ2) is 11.1. The molecule has 6 heteroatoms. The summed E-state index contributed by atoms with van der Waals surface area (Å²) < 4.78 is 11.5. The lowest BCUT2D eigenvalue weighted by molar-refractivity contribution is -0.136. The smallest absolute Gasteiger partial charge is 0.251 e. The van der Waals surface area contributed by atoms with Crippen LogP contribution in [0.1, 0.15) is 56.8 Å². The minimum absolute atomic E-state index is 0.0602. The van der Waals surface area contributed by atoms with Crippen molar-refractivity contribution >= 4 is 11.8 Å². The van der Waals surface area contributed by atoms with Crippen LogP contribution in [0, 0.1) is 5.92 Å². The van der Waals surface area contributed by atoms with Crippen molar-refractivity contribution < 1.29 is 19.1 Å². The Balaban J connectivity index is 2.10. The van der Waals surface area contributed by atoms with Crippen molar-refractivity contribution in [1.29, 1.82) is 0 Å². The highest BCUT2D eigenvalue weighted by atomic mass is 16.5. The minimum atomic E-state index is -0.178. The summed E-state index contributed by atoms with van der Waals surface area (Å²) in [6.07, 6.45) is 3.04. The zero-order valence-corrected chi connectivity index (χ0v) is 17.6. The summed E-state index contributed by atoms with van der Waals surface area (Å²) in [5.74, 6) is 0.587. The first-order chi connectivity index (χ1) is 13.5. The number of carbonyl (C=O) groups is 2. The molecule has 0 bridgehead atoms. The van der Waals surface area contributed by atoms with Crippen LogP contribution in [-0.2, 0) is 9.53 Å². The van der Waals surface area contributed by atoms with Gasteiger partial charge >= 0.3 is 0 Å². The minimum Gasteiger partial charge on any atom is -0.494 e. The average Bonchev–Trinajstić information content (AvgIpc) is 2.72. The van der Waals surface area contributed by atoms with Crippen LogP contribution in [0.15, 0.2) is 24.3 Å². The largest absolute Gasteiger partial charge is 0.494 e. The average molecular weight is 391 g/mol. The zero-order chi connectivity index (χ0) is 20.5. The Morgan fingerprint density at radius 2 is 2.00 bits per heavy atom. The van der Waals surface area contributed by atoms with Crippen LogP contribution < -0.4 is 10.1 Å². The van der Waals surface area contributed by atoms with Crippen LogP contribution in [0.3, 0.4) is 0 Å². The molecule has 1 aromatic carbocycles. The fourth-order valence-electron chi connectivity index (χ4n) is 3.60. The van der Waals surface area contributed by atoms with Gasteiger partial charge < -0.3 is 19.7 Å². The summed E-state index contributed by atoms with van der Waals surface area (Å²) in [6, 6.07) is 6.99. The number of nitrogens with one attached hydrogen (secondary N) is 1. The lowest BCUT2D eigenvalue weighted by atomic mass is 9.82. The Kier molecular flexibility index (Phi) is 8.77. The van der Waals surface area contributed by atoms with E-state index in [1.54, 1.807) is 17.0 Å². The van der Waals surface area contributed by atoms with Crippen molar-refractivity contribution in [2.24, 2.45) is 5.92 Å². The number of hydrogen-bond donors (Lipinski definition) is 1. The van der Waals surface area contributed by atoms with Gasteiger partial charge in [0.15, 0.2) is 0 Å². The van der Waals surface area contributed by atoms with E-state index in [0.717, 1.165) is 19.3 Å². The molecule has 1 aliphatic carbocycles. The quantitative estimate of drug-likeness (QED) is 0.703. The van der Waals surface area contributed by atoms with E-state index in [2.05, 4.69) is 12.2 Å². The van der Waals surface area contributed by atoms with Crippen LogP contribution >= 0.6 is 0 Å². The van der Waals surface area contributed by atoms with Gasteiger partial charge in [0.2, 0.25) is 5.91 Å². The van der Waals surface area contributed by atoms with Gasteiger partial charge in [0.05, 0.1) is 18.8 Å². The first kappa shape index (κ1) is 22.2. The second-order valence-corrected chi connectivity index (χ2v) is 7.31. The molecule has 156 valence electrons. The number of nitrogens with zero attached hydrogens (tertiary/aromatic N) is 1. The van der Waals surface area contributed by atoms with Crippen molar-refractivity contribution in [1.82, 2.24) is 10.2 Å². The number of ether oxygens (including phenoxy) is 2.